The van der Waals surface area contributed by atoms with Gasteiger partial charge in [0.1, 0.15) is 18.0 Å². The molecule has 0 aliphatic heterocycles. The van der Waals surface area contributed by atoms with Crippen molar-refractivity contribution in [1.29, 1.82) is 0 Å². The lowest BCUT2D eigenvalue weighted by molar-refractivity contribution is 0.307. The first-order valence-electron chi connectivity index (χ1n) is 8.17. The lowest BCUT2D eigenvalue weighted by atomic mass is 10.1. The molecule has 3 rings (SSSR count). The van der Waals surface area contributed by atoms with Gasteiger partial charge in [-0.25, -0.2) is 0 Å². The zero-order valence-corrected chi connectivity index (χ0v) is 16.1. The fourth-order valence-electron chi connectivity index (χ4n) is 2.36. The quantitative estimate of drug-likeness (QED) is 0.416. The van der Waals surface area contributed by atoms with Crippen molar-refractivity contribution in [3.63, 3.8) is 0 Å². The Morgan fingerprint density at radius 2 is 1.54 bits per heavy atom. The van der Waals surface area contributed by atoms with Gasteiger partial charge in [0.25, 0.3) is 0 Å². The highest BCUT2D eigenvalue weighted by molar-refractivity contribution is 6.42. The Kier molecular flexibility index (Phi) is 5.92. The summed E-state index contributed by atoms with van der Waals surface area (Å²) in [5.74, 6) is 0.679. The summed E-state index contributed by atoms with van der Waals surface area (Å²) < 4.78 is 5.99. The summed E-state index contributed by atoms with van der Waals surface area (Å²) in [5, 5.41) is 9.71. The van der Waals surface area contributed by atoms with Crippen molar-refractivity contribution in [1.82, 2.24) is 0 Å². The number of rotatable bonds is 5. The van der Waals surface area contributed by atoms with Crippen molar-refractivity contribution in [2.45, 2.75) is 20.5 Å². The molecule has 3 aromatic rings. The molecule has 0 bridgehead atoms. The molecule has 0 saturated carbocycles. The molecule has 0 atom stereocenters. The fraction of sp³-hybridized carbons (Fsp3) is 0.143. The third-order valence-corrected chi connectivity index (χ3v) is 4.72. The summed E-state index contributed by atoms with van der Waals surface area (Å²) in [6, 6.07) is 19.0. The maximum absolute atomic E-state index is 6.07. The molecule has 132 valence electrons. The molecular formula is C21H18Cl2N2O. The summed E-state index contributed by atoms with van der Waals surface area (Å²) in [4.78, 5) is 0. The van der Waals surface area contributed by atoms with Crippen LogP contribution < -0.4 is 4.74 Å². The number of nitrogens with zero attached hydrogens (tertiary/aromatic N) is 2. The van der Waals surface area contributed by atoms with Crippen molar-refractivity contribution < 1.29 is 4.74 Å². The first kappa shape index (κ1) is 18.4. The molecule has 0 saturated heterocycles. The number of azo groups is 1. The van der Waals surface area contributed by atoms with Crippen molar-refractivity contribution in [2.24, 2.45) is 10.2 Å². The molecular weight excluding hydrogens is 367 g/mol. The second kappa shape index (κ2) is 8.35. The van der Waals surface area contributed by atoms with Crippen molar-refractivity contribution in [2.75, 3.05) is 0 Å². The smallest absolute Gasteiger partial charge is 0.147 e. The Morgan fingerprint density at radius 3 is 2.27 bits per heavy atom. The predicted octanol–water partition coefficient (Wildman–Crippen LogP) is 7.60. The second-order valence-corrected chi connectivity index (χ2v) is 6.79. The minimum atomic E-state index is 0.368. The van der Waals surface area contributed by atoms with Crippen LogP contribution in [-0.4, -0.2) is 0 Å². The van der Waals surface area contributed by atoms with Crippen LogP contribution in [0.5, 0.6) is 5.75 Å². The van der Waals surface area contributed by atoms with Crippen LogP contribution in [-0.2, 0) is 6.61 Å². The molecule has 3 aromatic carbocycles. The number of aryl methyl sites for hydroxylation is 2. The van der Waals surface area contributed by atoms with E-state index in [0.29, 0.717) is 28.1 Å². The number of hydrogen-bond donors (Lipinski definition) is 0. The van der Waals surface area contributed by atoms with E-state index in [1.54, 1.807) is 12.1 Å². The van der Waals surface area contributed by atoms with Gasteiger partial charge in [-0.3, -0.25) is 0 Å². The molecule has 26 heavy (non-hydrogen) atoms. The highest BCUT2D eigenvalue weighted by atomic mass is 35.5. The average Bonchev–Trinajstić information content (AvgIpc) is 2.64. The van der Waals surface area contributed by atoms with Gasteiger partial charge in [-0.2, -0.15) is 5.11 Å². The Balaban J connectivity index is 1.84. The van der Waals surface area contributed by atoms with Crippen LogP contribution in [0.1, 0.15) is 16.7 Å². The largest absolute Gasteiger partial charge is 0.487 e. The van der Waals surface area contributed by atoms with E-state index >= 15 is 0 Å². The Hall–Kier alpha value is -2.36. The Morgan fingerprint density at radius 1 is 0.808 bits per heavy atom. The third-order valence-electron chi connectivity index (χ3n) is 3.98. The highest BCUT2D eigenvalue weighted by Gasteiger charge is 2.08. The van der Waals surface area contributed by atoms with Gasteiger partial charge in [-0.05, 0) is 66.9 Å². The van der Waals surface area contributed by atoms with Gasteiger partial charge in [0.15, 0.2) is 0 Å². The Bertz CT molecular complexity index is 940. The number of ether oxygens (including phenoxy) is 1. The van der Waals surface area contributed by atoms with Gasteiger partial charge < -0.3 is 4.74 Å². The third kappa shape index (κ3) is 4.63. The first-order chi connectivity index (χ1) is 12.5. The summed E-state index contributed by atoms with van der Waals surface area (Å²) in [7, 11) is 0. The van der Waals surface area contributed by atoms with Gasteiger partial charge in [0, 0.05) is 0 Å². The number of hydrogen-bond acceptors (Lipinski definition) is 3. The fourth-order valence-corrected chi connectivity index (χ4v) is 2.69. The molecule has 3 nitrogen and oxygen atoms in total. The molecule has 0 spiro atoms. The van der Waals surface area contributed by atoms with Crippen molar-refractivity contribution >= 4 is 34.6 Å². The summed E-state index contributed by atoms with van der Waals surface area (Å²) in [5.41, 5.74) is 4.68. The number of benzene rings is 3. The van der Waals surface area contributed by atoms with Gasteiger partial charge in [-0.15, -0.1) is 5.11 Å². The molecule has 0 fully saturated rings. The van der Waals surface area contributed by atoms with Crippen molar-refractivity contribution in [3.05, 3.63) is 87.4 Å². The zero-order valence-electron chi connectivity index (χ0n) is 14.5. The maximum atomic E-state index is 6.07. The molecule has 0 N–H and O–H groups in total. The highest BCUT2D eigenvalue weighted by Crippen LogP contribution is 2.33. The van der Waals surface area contributed by atoms with Gasteiger partial charge >= 0.3 is 0 Å². The standard InChI is InChI=1S/C21H18Cl2N2O/c1-14-10-20(25-24-17-6-4-3-5-7-17)21(11-15(14)2)26-13-16-8-9-18(22)19(23)12-16/h3-12H,13H2,1-2H3. The zero-order chi connectivity index (χ0) is 18.5. The molecule has 0 heterocycles. The topological polar surface area (TPSA) is 34.0 Å². The van der Waals surface area contributed by atoms with E-state index in [1.165, 1.54) is 0 Å². The lowest BCUT2D eigenvalue weighted by Crippen LogP contribution is -1.97. The second-order valence-electron chi connectivity index (χ2n) is 5.98. The number of halogens is 2. The van der Waals surface area contributed by atoms with Crippen LogP contribution in [0.3, 0.4) is 0 Å². The monoisotopic (exact) mass is 384 g/mol. The molecule has 0 aliphatic rings. The molecule has 0 aromatic heterocycles. The summed E-state index contributed by atoms with van der Waals surface area (Å²) in [6.07, 6.45) is 0. The van der Waals surface area contributed by atoms with E-state index in [4.69, 9.17) is 27.9 Å². The summed E-state index contributed by atoms with van der Waals surface area (Å²) in [6.45, 7) is 4.45. The van der Waals surface area contributed by atoms with Gasteiger partial charge in [-0.1, -0.05) is 47.5 Å². The van der Waals surface area contributed by atoms with E-state index < -0.39 is 0 Å². The van der Waals surface area contributed by atoms with E-state index in [2.05, 4.69) is 10.2 Å². The van der Waals surface area contributed by atoms with Crippen LogP contribution in [0, 0.1) is 13.8 Å². The minimum Gasteiger partial charge on any atom is -0.487 e. The SMILES string of the molecule is Cc1cc(N=Nc2ccccc2)c(OCc2ccc(Cl)c(Cl)c2)cc1C. The molecule has 0 radical (unpaired) electrons. The normalized spacial score (nSPS) is 11.1. The molecule has 0 unspecified atom stereocenters. The molecule has 0 amide bonds. The average molecular weight is 385 g/mol. The predicted molar refractivity (Wildman–Crippen MR) is 107 cm³/mol. The first-order valence-corrected chi connectivity index (χ1v) is 8.93. The van der Waals surface area contributed by atoms with Crippen LogP contribution in [0.15, 0.2) is 70.9 Å². The summed E-state index contributed by atoms with van der Waals surface area (Å²) >= 11 is 12.0. The van der Waals surface area contributed by atoms with Crippen LogP contribution in [0.4, 0.5) is 11.4 Å². The Labute approximate surface area is 163 Å². The van der Waals surface area contributed by atoms with E-state index in [9.17, 15) is 0 Å². The molecule has 0 aliphatic carbocycles. The van der Waals surface area contributed by atoms with Crippen LogP contribution in [0.2, 0.25) is 10.0 Å². The van der Waals surface area contributed by atoms with Gasteiger partial charge in [0.2, 0.25) is 0 Å². The van der Waals surface area contributed by atoms with E-state index in [1.807, 2.05) is 62.4 Å². The minimum absolute atomic E-state index is 0.368. The van der Waals surface area contributed by atoms with Crippen LogP contribution >= 0.6 is 23.2 Å². The van der Waals surface area contributed by atoms with Crippen molar-refractivity contribution in [3.8, 4) is 5.75 Å². The maximum Gasteiger partial charge on any atom is 0.147 e. The molecule has 5 heteroatoms. The van der Waals surface area contributed by atoms with E-state index in [0.717, 1.165) is 22.4 Å². The lowest BCUT2D eigenvalue weighted by Gasteiger charge is -2.11. The van der Waals surface area contributed by atoms with Crippen LogP contribution in [0.25, 0.3) is 0 Å². The van der Waals surface area contributed by atoms with Gasteiger partial charge in [0.05, 0.1) is 15.7 Å². The van der Waals surface area contributed by atoms with E-state index in [-0.39, 0.29) is 0 Å².